The third-order valence-electron chi connectivity index (χ3n) is 2.21. The molecule has 1 aromatic carbocycles. The fraction of sp³-hybridized carbons (Fsp3) is 0.0909. The normalized spacial score (nSPS) is 11.6. The van der Waals surface area contributed by atoms with Crippen LogP contribution in [0.3, 0.4) is 0 Å². The van der Waals surface area contributed by atoms with Crippen molar-refractivity contribution in [3.63, 3.8) is 0 Å². The van der Waals surface area contributed by atoms with Gasteiger partial charge in [0.1, 0.15) is 0 Å². The van der Waals surface area contributed by atoms with Crippen LogP contribution in [0.5, 0.6) is 0 Å². The van der Waals surface area contributed by atoms with Crippen LogP contribution in [0.25, 0.3) is 11.3 Å². The molecule has 0 radical (unpaired) electrons. The van der Waals surface area contributed by atoms with Crippen LogP contribution in [0, 0.1) is 0 Å². The molecule has 2 aromatic rings. The minimum atomic E-state index is -4.34. The van der Waals surface area contributed by atoms with Gasteiger partial charge in [-0.15, -0.1) is 10.2 Å². The lowest BCUT2D eigenvalue weighted by Gasteiger charge is -2.07. The summed E-state index contributed by atoms with van der Waals surface area (Å²) in [5, 5.41) is 7.68. The average molecular weight is 338 g/mol. The maximum Gasteiger partial charge on any atom is 0.416 e. The van der Waals surface area contributed by atoms with Crippen LogP contribution in [0.1, 0.15) is 5.56 Å². The molecule has 0 atom stereocenters. The summed E-state index contributed by atoms with van der Waals surface area (Å²) < 4.78 is 37.7. The molecular formula is C11H5BrClF3N2. The third kappa shape index (κ3) is 2.81. The van der Waals surface area contributed by atoms with Gasteiger partial charge in [-0.05, 0) is 34.1 Å². The van der Waals surface area contributed by atoms with Crippen molar-refractivity contribution in [2.45, 2.75) is 6.18 Å². The quantitative estimate of drug-likeness (QED) is 0.761. The zero-order valence-electron chi connectivity index (χ0n) is 8.67. The number of hydrogen-bond donors (Lipinski definition) is 0. The molecule has 0 N–H and O–H groups in total. The molecule has 0 aliphatic rings. The predicted octanol–water partition coefficient (Wildman–Crippen LogP) is 4.58. The van der Waals surface area contributed by atoms with E-state index in [-0.39, 0.29) is 5.15 Å². The Hall–Kier alpha value is -1.14. The minimum Gasteiger partial charge on any atom is -0.166 e. The lowest BCUT2D eigenvalue weighted by molar-refractivity contribution is -0.137. The maximum atomic E-state index is 12.4. The number of nitrogens with zero attached hydrogens (tertiary/aromatic N) is 2. The van der Waals surface area contributed by atoms with Gasteiger partial charge in [0, 0.05) is 5.56 Å². The molecule has 0 saturated carbocycles. The number of halogens is 5. The first-order valence-corrected chi connectivity index (χ1v) is 5.91. The highest BCUT2D eigenvalue weighted by Gasteiger charge is 2.30. The van der Waals surface area contributed by atoms with Crippen molar-refractivity contribution in [2.24, 2.45) is 0 Å². The second kappa shape index (κ2) is 4.85. The fourth-order valence-electron chi connectivity index (χ4n) is 1.33. The first-order chi connectivity index (χ1) is 8.38. The lowest BCUT2D eigenvalue weighted by Crippen LogP contribution is -2.04. The number of hydrogen-bond acceptors (Lipinski definition) is 2. The SMILES string of the molecule is FC(F)(F)c1ccc(-c2cc(Br)c(Cl)nn2)cc1. The van der Waals surface area contributed by atoms with Crippen molar-refractivity contribution >= 4 is 27.5 Å². The molecule has 0 aliphatic heterocycles. The molecule has 0 amide bonds. The van der Waals surface area contributed by atoms with E-state index in [0.29, 0.717) is 15.7 Å². The standard InChI is InChI=1S/C11H5BrClF3N2/c12-8-5-9(17-18-10(8)13)6-1-3-7(4-2-6)11(14,15)16/h1-5H. The predicted molar refractivity (Wildman–Crippen MR) is 65.2 cm³/mol. The fourth-order valence-corrected chi connectivity index (χ4v) is 1.71. The van der Waals surface area contributed by atoms with Crippen molar-refractivity contribution < 1.29 is 13.2 Å². The summed E-state index contributed by atoms with van der Waals surface area (Å²) in [6.07, 6.45) is -4.34. The largest absolute Gasteiger partial charge is 0.416 e. The van der Waals surface area contributed by atoms with Crippen LogP contribution in [-0.2, 0) is 6.18 Å². The topological polar surface area (TPSA) is 25.8 Å². The van der Waals surface area contributed by atoms with E-state index in [1.807, 2.05) is 0 Å². The van der Waals surface area contributed by atoms with E-state index in [0.717, 1.165) is 12.1 Å². The highest BCUT2D eigenvalue weighted by atomic mass is 79.9. The van der Waals surface area contributed by atoms with Gasteiger partial charge in [0.25, 0.3) is 0 Å². The molecule has 1 aromatic heterocycles. The van der Waals surface area contributed by atoms with E-state index in [2.05, 4.69) is 26.1 Å². The van der Waals surface area contributed by atoms with Gasteiger partial charge in [0.15, 0.2) is 5.15 Å². The molecule has 1 heterocycles. The Morgan fingerprint density at radius 3 is 2.17 bits per heavy atom. The Morgan fingerprint density at radius 2 is 1.67 bits per heavy atom. The summed E-state index contributed by atoms with van der Waals surface area (Å²) in [7, 11) is 0. The van der Waals surface area contributed by atoms with Crippen LogP contribution in [0.15, 0.2) is 34.8 Å². The molecule has 0 saturated heterocycles. The Morgan fingerprint density at radius 1 is 1.06 bits per heavy atom. The van der Waals surface area contributed by atoms with E-state index in [1.165, 1.54) is 12.1 Å². The van der Waals surface area contributed by atoms with E-state index in [9.17, 15) is 13.2 Å². The summed E-state index contributed by atoms with van der Waals surface area (Å²) in [4.78, 5) is 0. The molecular weight excluding hydrogens is 332 g/mol. The highest BCUT2D eigenvalue weighted by Crippen LogP contribution is 2.31. The first kappa shape index (κ1) is 13.3. The second-order valence-corrected chi connectivity index (χ2v) is 4.66. The lowest BCUT2D eigenvalue weighted by atomic mass is 10.1. The van der Waals surface area contributed by atoms with Crippen molar-refractivity contribution in [1.29, 1.82) is 0 Å². The highest BCUT2D eigenvalue weighted by molar-refractivity contribution is 9.10. The van der Waals surface area contributed by atoms with Crippen LogP contribution < -0.4 is 0 Å². The summed E-state index contributed by atoms with van der Waals surface area (Å²) in [6, 6.07) is 6.28. The average Bonchev–Trinajstić information content (AvgIpc) is 2.32. The van der Waals surface area contributed by atoms with E-state index >= 15 is 0 Å². The molecule has 18 heavy (non-hydrogen) atoms. The van der Waals surface area contributed by atoms with Gasteiger partial charge in [-0.2, -0.15) is 13.2 Å². The Balaban J connectivity index is 2.37. The molecule has 0 aliphatic carbocycles. The Kier molecular flexibility index (Phi) is 3.59. The molecule has 0 fully saturated rings. The van der Waals surface area contributed by atoms with Crippen LogP contribution in [0.2, 0.25) is 5.15 Å². The summed E-state index contributed by atoms with van der Waals surface area (Å²) in [5.41, 5.74) is 0.278. The van der Waals surface area contributed by atoms with Crippen molar-refractivity contribution in [1.82, 2.24) is 10.2 Å². The monoisotopic (exact) mass is 336 g/mol. The minimum absolute atomic E-state index is 0.200. The van der Waals surface area contributed by atoms with Gasteiger partial charge < -0.3 is 0 Å². The number of alkyl halides is 3. The molecule has 2 rings (SSSR count). The molecule has 2 nitrogen and oxygen atoms in total. The van der Waals surface area contributed by atoms with Gasteiger partial charge in [0.2, 0.25) is 0 Å². The third-order valence-corrected chi connectivity index (χ3v) is 3.33. The van der Waals surface area contributed by atoms with E-state index in [1.54, 1.807) is 6.07 Å². The summed E-state index contributed by atoms with van der Waals surface area (Å²) in [5.74, 6) is 0. The van der Waals surface area contributed by atoms with Crippen LogP contribution in [0.4, 0.5) is 13.2 Å². The second-order valence-electron chi connectivity index (χ2n) is 3.44. The molecule has 0 unspecified atom stereocenters. The van der Waals surface area contributed by atoms with E-state index in [4.69, 9.17) is 11.6 Å². The molecule has 94 valence electrons. The smallest absolute Gasteiger partial charge is 0.166 e. The summed E-state index contributed by atoms with van der Waals surface area (Å²) >= 11 is 8.86. The van der Waals surface area contributed by atoms with Gasteiger partial charge >= 0.3 is 6.18 Å². The van der Waals surface area contributed by atoms with Crippen LogP contribution in [-0.4, -0.2) is 10.2 Å². The number of rotatable bonds is 1. The molecule has 7 heteroatoms. The van der Waals surface area contributed by atoms with Gasteiger partial charge in [0.05, 0.1) is 15.7 Å². The first-order valence-electron chi connectivity index (χ1n) is 4.74. The number of aromatic nitrogens is 2. The van der Waals surface area contributed by atoms with Crippen molar-refractivity contribution in [2.75, 3.05) is 0 Å². The Labute approximate surface area is 114 Å². The van der Waals surface area contributed by atoms with Gasteiger partial charge in [-0.25, -0.2) is 0 Å². The molecule has 0 spiro atoms. The number of benzene rings is 1. The van der Waals surface area contributed by atoms with E-state index < -0.39 is 11.7 Å². The van der Waals surface area contributed by atoms with Crippen molar-refractivity contribution in [3.05, 3.63) is 45.5 Å². The zero-order chi connectivity index (χ0) is 13.3. The van der Waals surface area contributed by atoms with Crippen molar-refractivity contribution in [3.8, 4) is 11.3 Å². The summed E-state index contributed by atoms with van der Waals surface area (Å²) in [6.45, 7) is 0. The van der Waals surface area contributed by atoms with Crippen LogP contribution >= 0.6 is 27.5 Å². The van der Waals surface area contributed by atoms with Gasteiger partial charge in [-0.3, -0.25) is 0 Å². The Bertz CT molecular complexity index is 569. The zero-order valence-corrected chi connectivity index (χ0v) is 11.0. The molecule has 0 bridgehead atoms. The van der Waals surface area contributed by atoms with Gasteiger partial charge in [-0.1, -0.05) is 23.7 Å². The maximum absolute atomic E-state index is 12.4.